The first kappa shape index (κ1) is 19.9. The monoisotopic (exact) mass is 387 g/mol. The summed E-state index contributed by atoms with van der Waals surface area (Å²) in [4.78, 5) is 17.7. The Kier molecular flexibility index (Phi) is 7.26. The number of amides is 1. The van der Waals surface area contributed by atoms with Crippen LogP contribution in [-0.2, 0) is 11.3 Å². The maximum atomic E-state index is 12.3. The minimum atomic E-state index is -0.206. The first-order valence-corrected chi connectivity index (χ1v) is 10.4. The lowest BCUT2D eigenvalue weighted by atomic mass is 10.0. The minimum absolute atomic E-state index is 0.206. The van der Waals surface area contributed by atoms with Gasteiger partial charge in [-0.2, -0.15) is 0 Å². The molecule has 6 heteroatoms. The van der Waals surface area contributed by atoms with Crippen LogP contribution >= 0.6 is 11.3 Å². The van der Waals surface area contributed by atoms with Crippen LogP contribution in [0.2, 0.25) is 0 Å². The number of nitrogens with one attached hydrogen (secondary N) is 1. The van der Waals surface area contributed by atoms with Gasteiger partial charge in [-0.1, -0.05) is 36.4 Å². The van der Waals surface area contributed by atoms with Crippen molar-refractivity contribution in [2.45, 2.75) is 31.5 Å². The summed E-state index contributed by atoms with van der Waals surface area (Å²) in [5, 5.41) is 5.83. The van der Waals surface area contributed by atoms with Gasteiger partial charge in [0.1, 0.15) is 6.61 Å². The van der Waals surface area contributed by atoms with Crippen LogP contribution in [0.25, 0.3) is 0 Å². The number of rotatable bonds is 7. The van der Waals surface area contributed by atoms with Crippen molar-refractivity contribution in [3.8, 4) is 0 Å². The molecule has 146 valence electrons. The van der Waals surface area contributed by atoms with Crippen LogP contribution in [-0.4, -0.2) is 55.7 Å². The van der Waals surface area contributed by atoms with E-state index in [9.17, 15) is 4.79 Å². The summed E-state index contributed by atoms with van der Waals surface area (Å²) < 4.78 is 5.44. The topological polar surface area (TPSA) is 44.8 Å². The van der Waals surface area contributed by atoms with E-state index in [0.29, 0.717) is 18.7 Å². The van der Waals surface area contributed by atoms with Crippen molar-refractivity contribution in [2.75, 3.05) is 33.7 Å². The van der Waals surface area contributed by atoms with Gasteiger partial charge in [-0.05, 0) is 43.9 Å². The largest absolute Gasteiger partial charge is 0.445 e. The Morgan fingerprint density at radius 3 is 2.59 bits per heavy atom. The van der Waals surface area contributed by atoms with Gasteiger partial charge in [-0.25, -0.2) is 4.79 Å². The molecule has 2 heterocycles. The van der Waals surface area contributed by atoms with Gasteiger partial charge in [-0.3, -0.25) is 0 Å². The van der Waals surface area contributed by atoms with Crippen LogP contribution < -0.4 is 5.32 Å². The molecule has 1 fully saturated rings. The van der Waals surface area contributed by atoms with Crippen LogP contribution in [0.15, 0.2) is 47.8 Å². The molecule has 1 unspecified atom stereocenters. The van der Waals surface area contributed by atoms with Gasteiger partial charge in [0.25, 0.3) is 0 Å². The molecule has 5 nitrogen and oxygen atoms in total. The zero-order valence-electron chi connectivity index (χ0n) is 16.1. The predicted molar refractivity (Wildman–Crippen MR) is 110 cm³/mol. The SMILES string of the molecule is CN(C)C(CNC1CCN(C(=O)OCc2ccccc2)CC1)c1cccs1. The molecule has 1 amide bonds. The molecular formula is C21H29N3O2S. The Balaban J connectivity index is 1.40. The number of likely N-dealkylation sites (N-methyl/N-ethyl adjacent to an activating group) is 1. The van der Waals surface area contributed by atoms with Crippen molar-refractivity contribution in [3.63, 3.8) is 0 Å². The summed E-state index contributed by atoms with van der Waals surface area (Å²) in [5.41, 5.74) is 1.02. The number of benzene rings is 1. The van der Waals surface area contributed by atoms with E-state index in [1.165, 1.54) is 4.88 Å². The number of nitrogens with zero attached hydrogens (tertiary/aromatic N) is 2. The van der Waals surface area contributed by atoms with Gasteiger partial charge in [0, 0.05) is 30.6 Å². The van der Waals surface area contributed by atoms with Crippen molar-refractivity contribution in [1.29, 1.82) is 0 Å². The molecule has 1 atom stereocenters. The first-order chi connectivity index (χ1) is 13.1. The summed E-state index contributed by atoms with van der Waals surface area (Å²) in [6, 6.07) is 15.0. The minimum Gasteiger partial charge on any atom is -0.445 e. The van der Waals surface area contributed by atoms with Crippen LogP contribution in [0, 0.1) is 0 Å². The van der Waals surface area contributed by atoms with Crippen LogP contribution in [0.1, 0.15) is 29.3 Å². The Labute approximate surface area is 165 Å². The lowest BCUT2D eigenvalue weighted by molar-refractivity contribution is 0.0848. The van der Waals surface area contributed by atoms with Gasteiger partial charge in [-0.15, -0.1) is 11.3 Å². The van der Waals surface area contributed by atoms with Crippen molar-refractivity contribution in [1.82, 2.24) is 15.1 Å². The molecule has 0 bridgehead atoms. The fourth-order valence-electron chi connectivity index (χ4n) is 3.37. The quantitative estimate of drug-likeness (QED) is 0.786. The van der Waals surface area contributed by atoms with E-state index in [4.69, 9.17) is 4.74 Å². The van der Waals surface area contributed by atoms with Crippen LogP contribution in [0.4, 0.5) is 4.79 Å². The molecule has 27 heavy (non-hydrogen) atoms. The maximum Gasteiger partial charge on any atom is 0.410 e. The maximum absolute atomic E-state index is 12.3. The highest BCUT2D eigenvalue weighted by molar-refractivity contribution is 7.10. The van der Waals surface area contributed by atoms with E-state index in [1.54, 1.807) is 11.3 Å². The van der Waals surface area contributed by atoms with Gasteiger partial charge in [0.2, 0.25) is 0 Å². The van der Waals surface area contributed by atoms with Gasteiger partial charge < -0.3 is 19.9 Å². The number of piperidine rings is 1. The summed E-state index contributed by atoms with van der Waals surface area (Å²) in [5.74, 6) is 0. The molecule has 1 aromatic heterocycles. The second kappa shape index (κ2) is 9.88. The smallest absolute Gasteiger partial charge is 0.410 e. The van der Waals surface area contributed by atoms with Crippen molar-refractivity contribution >= 4 is 17.4 Å². The second-order valence-corrected chi connectivity index (χ2v) is 8.18. The second-order valence-electron chi connectivity index (χ2n) is 7.20. The number of carbonyl (C=O) groups is 1. The van der Waals surface area contributed by atoms with Crippen LogP contribution in [0.3, 0.4) is 0 Å². The highest BCUT2D eigenvalue weighted by Gasteiger charge is 2.25. The van der Waals surface area contributed by atoms with E-state index in [-0.39, 0.29) is 6.09 Å². The van der Waals surface area contributed by atoms with Crippen molar-refractivity contribution in [3.05, 3.63) is 58.3 Å². The fourth-order valence-corrected chi connectivity index (χ4v) is 4.30. The van der Waals surface area contributed by atoms with Crippen molar-refractivity contribution in [2.24, 2.45) is 0 Å². The molecule has 0 saturated carbocycles. The molecule has 1 aliphatic rings. The number of hydrogen-bond acceptors (Lipinski definition) is 5. The van der Waals surface area contributed by atoms with Crippen molar-refractivity contribution < 1.29 is 9.53 Å². The zero-order valence-corrected chi connectivity index (χ0v) is 17.0. The number of hydrogen-bond donors (Lipinski definition) is 1. The third-order valence-electron chi connectivity index (χ3n) is 5.05. The molecule has 1 aliphatic heterocycles. The highest BCUT2D eigenvalue weighted by atomic mass is 32.1. The molecular weight excluding hydrogens is 358 g/mol. The average molecular weight is 388 g/mol. The average Bonchev–Trinajstić information content (AvgIpc) is 3.22. The van der Waals surface area contributed by atoms with E-state index in [0.717, 1.165) is 38.0 Å². The predicted octanol–water partition coefficient (Wildman–Crippen LogP) is 3.74. The summed E-state index contributed by atoms with van der Waals surface area (Å²) in [6.07, 6.45) is 1.72. The molecule has 1 aromatic carbocycles. The van der Waals surface area contributed by atoms with E-state index >= 15 is 0 Å². The highest BCUT2D eigenvalue weighted by Crippen LogP contribution is 2.23. The third-order valence-corrected chi connectivity index (χ3v) is 6.03. The normalized spacial score (nSPS) is 16.5. The standard InChI is InChI=1S/C21H29N3O2S/c1-23(2)19(20-9-6-14-27-20)15-22-18-10-12-24(13-11-18)21(25)26-16-17-7-4-3-5-8-17/h3-9,14,18-19,22H,10-13,15-16H2,1-2H3. The Bertz CT molecular complexity index is 683. The summed E-state index contributed by atoms with van der Waals surface area (Å²) in [7, 11) is 4.24. The molecule has 0 aliphatic carbocycles. The van der Waals surface area contributed by atoms with Gasteiger partial charge >= 0.3 is 6.09 Å². The molecule has 0 radical (unpaired) electrons. The molecule has 1 N–H and O–H groups in total. The fraction of sp³-hybridized carbons (Fsp3) is 0.476. The van der Waals surface area contributed by atoms with E-state index < -0.39 is 0 Å². The molecule has 0 spiro atoms. The lowest BCUT2D eigenvalue weighted by Crippen LogP contribution is -2.46. The van der Waals surface area contributed by atoms with Gasteiger partial charge in [0.15, 0.2) is 0 Å². The van der Waals surface area contributed by atoms with Gasteiger partial charge in [0.05, 0.1) is 6.04 Å². The Hall–Kier alpha value is -1.89. The summed E-state index contributed by atoms with van der Waals surface area (Å²) >= 11 is 1.80. The van der Waals surface area contributed by atoms with Crippen LogP contribution in [0.5, 0.6) is 0 Å². The molecule has 2 aromatic rings. The number of ether oxygens (including phenoxy) is 1. The number of carbonyl (C=O) groups excluding carboxylic acids is 1. The summed E-state index contributed by atoms with van der Waals surface area (Å²) in [6.45, 7) is 2.76. The number of thiophene rings is 1. The first-order valence-electron chi connectivity index (χ1n) is 9.52. The Morgan fingerprint density at radius 2 is 1.96 bits per heavy atom. The van der Waals surface area contributed by atoms with E-state index in [1.807, 2.05) is 35.2 Å². The van der Waals surface area contributed by atoms with E-state index in [2.05, 4.69) is 41.8 Å². The molecule has 3 rings (SSSR count). The third kappa shape index (κ3) is 5.79. The number of likely N-dealkylation sites (tertiary alicyclic amines) is 1. The lowest BCUT2D eigenvalue weighted by Gasteiger charge is -2.33. The zero-order chi connectivity index (χ0) is 19.1. The molecule has 1 saturated heterocycles. The Morgan fingerprint density at radius 1 is 1.22 bits per heavy atom.